The Balaban J connectivity index is 1.39. The van der Waals surface area contributed by atoms with Gasteiger partial charge in [-0.05, 0) is 31.4 Å². The van der Waals surface area contributed by atoms with E-state index in [4.69, 9.17) is 0 Å². The molecule has 0 aromatic heterocycles. The van der Waals surface area contributed by atoms with Gasteiger partial charge in [0.15, 0.2) is 0 Å². The van der Waals surface area contributed by atoms with E-state index in [0.717, 1.165) is 18.5 Å². The summed E-state index contributed by atoms with van der Waals surface area (Å²) in [5.74, 6) is 0.00171. The molecule has 2 heterocycles. The largest absolute Gasteiger partial charge is 0.339 e. The predicted molar refractivity (Wildman–Crippen MR) is 92.8 cm³/mol. The number of nitrogens with zero attached hydrogens (tertiary/aromatic N) is 3. The third-order valence-corrected chi connectivity index (χ3v) is 5.38. The SMILES string of the molecule is O=C(C1CCC(=O)N(C2CC2)C1)N1CCN(c2ccccc2)C(=O)C1. The Labute approximate surface area is 147 Å². The van der Waals surface area contributed by atoms with Crippen LogP contribution >= 0.6 is 0 Å². The van der Waals surface area contributed by atoms with Crippen molar-refractivity contribution in [3.05, 3.63) is 30.3 Å². The summed E-state index contributed by atoms with van der Waals surface area (Å²) in [5, 5.41) is 0. The summed E-state index contributed by atoms with van der Waals surface area (Å²) in [5.41, 5.74) is 0.878. The third kappa shape index (κ3) is 3.25. The van der Waals surface area contributed by atoms with E-state index in [0.29, 0.717) is 38.5 Å². The Hall–Kier alpha value is -2.37. The monoisotopic (exact) mass is 341 g/mol. The Morgan fingerprint density at radius 3 is 2.40 bits per heavy atom. The van der Waals surface area contributed by atoms with Crippen molar-refractivity contribution in [2.24, 2.45) is 5.92 Å². The van der Waals surface area contributed by atoms with Gasteiger partial charge < -0.3 is 14.7 Å². The number of likely N-dealkylation sites (tertiary alicyclic amines) is 1. The lowest BCUT2D eigenvalue weighted by Gasteiger charge is -2.38. The van der Waals surface area contributed by atoms with Gasteiger partial charge in [0.2, 0.25) is 17.7 Å². The van der Waals surface area contributed by atoms with Gasteiger partial charge in [-0.2, -0.15) is 0 Å². The fraction of sp³-hybridized carbons (Fsp3) is 0.526. The molecule has 3 fully saturated rings. The van der Waals surface area contributed by atoms with Crippen LogP contribution in [0.2, 0.25) is 0 Å². The molecule has 6 nitrogen and oxygen atoms in total. The number of para-hydroxylation sites is 1. The number of amides is 3. The van der Waals surface area contributed by atoms with Gasteiger partial charge in [-0.1, -0.05) is 18.2 Å². The Bertz CT molecular complexity index is 686. The maximum Gasteiger partial charge on any atom is 0.246 e. The van der Waals surface area contributed by atoms with E-state index in [1.165, 1.54) is 0 Å². The zero-order chi connectivity index (χ0) is 17.4. The lowest BCUT2D eigenvalue weighted by atomic mass is 9.95. The zero-order valence-corrected chi connectivity index (χ0v) is 14.3. The van der Waals surface area contributed by atoms with Gasteiger partial charge in [0.05, 0.1) is 5.92 Å². The molecular formula is C19H23N3O3. The molecule has 25 heavy (non-hydrogen) atoms. The van der Waals surface area contributed by atoms with Crippen LogP contribution in [-0.2, 0) is 14.4 Å². The summed E-state index contributed by atoms with van der Waals surface area (Å²) < 4.78 is 0. The van der Waals surface area contributed by atoms with Crippen molar-refractivity contribution < 1.29 is 14.4 Å². The zero-order valence-electron chi connectivity index (χ0n) is 14.3. The van der Waals surface area contributed by atoms with E-state index in [-0.39, 0.29) is 30.2 Å². The van der Waals surface area contributed by atoms with Crippen LogP contribution in [0.3, 0.4) is 0 Å². The minimum Gasteiger partial charge on any atom is -0.339 e. The highest BCUT2D eigenvalue weighted by atomic mass is 16.2. The van der Waals surface area contributed by atoms with Crippen LogP contribution in [0, 0.1) is 5.92 Å². The molecule has 2 saturated heterocycles. The number of carbonyl (C=O) groups excluding carboxylic acids is 3. The molecule has 1 saturated carbocycles. The summed E-state index contributed by atoms with van der Waals surface area (Å²) in [6.07, 6.45) is 3.17. The standard InChI is InChI=1S/C19H23N3O3/c23-17-9-6-14(12-22(17)16-7-8-16)19(25)20-10-11-21(18(24)13-20)15-4-2-1-3-5-15/h1-5,14,16H,6-13H2. The third-order valence-electron chi connectivity index (χ3n) is 5.38. The molecule has 3 amide bonds. The van der Waals surface area contributed by atoms with Crippen molar-refractivity contribution in [3.63, 3.8) is 0 Å². The number of piperidine rings is 1. The maximum atomic E-state index is 12.9. The second-order valence-corrected chi connectivity index (χ2v) is 7.15. The van der Waals surface area contributed by atoms with E-state index in [1.807, 2.05) is 35.2 Å². The van der Waals surface area contributed by atoms with Crippen LogP contribution in [0.15, 0.2) is 30.3 Å². The Kier molecular flexibility index (Phi) is 4.19. The van der Waals surface area contributed by atoms with Crippen molar-refractivity contribution in [1.82, 2.24) is 9.80 Å². The fourth-order valence-corrected chi connectivity index (χ4v) is 3.81. The highest BCUT2D eigenvalue weighted by molar-refractivity contribution is 5.98. The molecule has 4 rings (SSSR count). The van der Waals surface area contributed by atoms with Crippen LogP contribution in [-0.4, -0.2) is 59.7 Å². The molecule has 1 unspecified atom stereocenters. The lowest BCUT2D eigenvalue weighted by Crippen LogP contribution is -2.55. The van der Waals surface area contributed by atoms with Crippen molar-refractivity contribution in [3.8, 4) is 0 Å². The topological polar surface area (TPSA) is 60.9 Å². The van der Waals surface area contributed by atoms with E-state index >= 15 is 0 Å². The van der Waals surface area contributed by atoms with Crippen LogP contribution in [0.5, 0.6) is 0 Å². The molecule has 1 aliphatic carbocycles. The maximum absolute atomic E-state index is 12.9. The lowest BCUT2D eigenvalue weighted by molar-refractivity contribution is -0.146. The fourth-order valence-electron chi connectivity index (χ4n) is 3.81. The highest BCUT2D eigenvalue weighted by Gasteiger charge is 2.40. The average molecular weight is 341 g/mol. The van der Waals surface area contributed by atoms with Gasteiger partial charge in [0.25, 0.3) is 0 Å². The van der Waals surface area contributed by atoms with Gasteiger partial charge in [0.1, 0.15) is 6.54 Å². The van der Waals surface area contributed by atoms with Crippen molar-refractivity contribution in [2.75, 3.05) is 31.1 Å². The van der Waals surface area contributed by atoms with Crippen LogP contribution in [0.1, 0.15) is 25.7 Å². The molecule has 132 valence electrons. The molecule has 6 heteroatoms. The molecule has 0 bridgehead atoms. The molecule has 1 aromatic rings. The molecule has 0 spiro atoms. The predicted octanol–water partition coefficient (Wildman–Crippen LogP) is 1.26. The molecule has 2 aliphatic heterocycles. The molecule has 0 N–H and O–H groups in total. The van der Waals surface area contributed by atoms with Crippen LogP contribution in [0.25, 0.3) is 0 Å². The quantitative estimate of drug-likeness (QED) is 0.832. The Morgan fingerprint density at radius 2 is 1.72 bits per heavy atom. The summed E-state index contributed by atoms with van der Waals surface area (Å²) >= 11 is 0. The minimum absolute atomic E-state index is 0.0270. The molecule has 1 atom stereocenters. The number of piperazine rings is 1. The van der Waals surface area contributed by atoms with Crippen LogP contribution in [0.4, 0.5) is 5.69 Å². The van der Waals surface area contributed by atoms with E-state index in [1.54, 1.807) is 9.80 Å². The van der Waals surface area contributed by atoms with Gasteiger partial charge in [-0.3, -0.25) is 14.4 Å². The van der Waals surface area contributed by atoms with Crippen LogP contribution < -0.4 is 4.90 Å². The number of benzene rings is 1. The molecular weight excluding hydrogens is 318 g/mol. The summed E-state index contributed by atoms with van der Waals surface area (Å²) in [7, 11) is 0. The number of rotatable bonds is 3. The van der Waals surface area contributed by atoms with Crippen molar-refractivity contribution >= 4 is 23.4 Å². The smallest absolute Gasteiger partial charge is 0.246 e. The first-order valence-electron chi connectivity index (χ1n) is 9.07. The number of carbonyl (C=O) groups is 3. The normalized spacial score (nSPS) is 24.6. The van der Waals surface area contributed by atoms with Gasteiger partial charge >= 0.3 is 0 Å². The van der Waals surface area contributed by atoms with E-state index in [2.05, 4.69) is 0 Å². The van der Waals surface area contributed by atoms with E-state index in [9.17, 15) is 14.4 Å². The van der Waals surface area contributed by atoms with Gasteiger partial charge in [-0.15, -0.1) is 0 Å². The summed E-state index contributed by atoms with van der Waals surface area (Å²) in [6, 6.07) is 9.91. The number of anilines is 1. The summed E-state index contributed by atoms with van der Waals surface area (Å²) in [4.78, 5) is 42.7. The molecule has 0 radical (unpaired) electrons. The van der Waals surface area contributed by atoms with E-state index < -0.39 is 0 Å². The first kappa shape index (κ1) is 16.1. The second-order valence-electron chi connectivity index (χ2n) is 7.15. The minimum atomic E-state index is -0.158. The number of hydrogen-bond acceptors (Lipinski definition) is 3. The molecule has 3 aliphatic rings. The Morgan fingerprint density at radius 1 is 0.960 bits per heavy atom. The van der Waals surface area contributed by atoms with Crippen molar-refractivity contribution in [1.29, 1.82) is 0 Å². The molecule has 1 aromatic carbocycles. The van der Waals surface area contributed by atoms with Crippen molar-refractivity contribution in [2.45, 2.75) is 31.7 Å². The first-order chi connectivity index (χ1) is 12.1. The second kappa shape index (κ2) is 6.50. The first-order valence-corrected chi connectivity index (χ1v) is 9.07. The summed E-state index contributed by atoms with van der Waals surface area (Å²) in [6.45, 7) is 1.72. The van der Waals surface area contributed by atoms with Gasteiger partial charge in [0, 0.05) is 37.8 Å². The number of hydrogen-bond donors (Lipinski definition) is 0. The van der Waals surface area contributed by atoms with Gasteiger partial charge in [-0.25, -0.2) is 0 Å². The highest BCUT2D eigenvalue weighted by Crippen LogP contribution is 2.32. The average Bonchev–Trinajstić information content (AvgIpc) is 3.47.